The quantitative estimate of drug-likeness (QED) is 0.470. The topological polar surface area (TPSA) is 91.2 Å². The number of aryl methyl sites for hydroxylation is 2. The molecular weight excluding hydrogens is 445 g/mol. The van der Waals surface area contributed by atoms with Crippen LogP contribution in [0.25, 0.3) is 0 Å². The van der Waals surface area contributed by atoms with E-state index < -0.39 is 5.82 Å². The molecule has 1 aliphatic rings. The summed E-state index contributed by atoms with van der Waals surface area (Å²) < 4.78 is 27.0. The van der Waals surface area contributed by atoms with Crippen LogP contribution in [-0.4, -0.2) is 45.9 Å². The first kappa shape index (κ1) is 24.7. The Bertz CT molecular complexity index is 1080. The molecule has 2 aromatic heterocycles. The number of anilines is 2. The molecule has 8 nitrogen and oxygen atoms in total. The third kappa shape index (κ3) is 5.88. The van der Waals surface area contributed by atoms with E-state index in [1.54, 1.807) is 31.6 Å². The SMILES string of the molecule is CCC(=O)c1cc(CCc2cnc(Nc3cnn([C@H]4CCOC4)c3)nc2)c(F)c(OC)c1.S. The molecule has 0 saturated carbocycles. The Balaban J connectivity index is 0.00000306. The molecule has 1 aromatic carbocycles. The van der Waals surface area contributed by atoms with Crippen LogP contribution in [0.1, 0.15) is 47.3 Å². The molecule has 0 radical (unpaired) electrons. The Morgan fingerprint density at radius 2 is 2.06 bits per heavy atom. The van der Waals surface area contributed by atoms with Crippen molar-refractivity contribution in [1.29, 1.82) is 0 Å². The van der Waals surface area contributed by atoms with E-state index in [0.29, 0.717) is 42.9 Å². The second-order valence-corrected chi connectivity index (χ2v) is 7.69. The van der Waals surface area contributed by atoms with Crippen LogP contribution in [0.5, 0.6) is 5.75 Å². The first-order valence-electron chi connectivity index (χ1n) is 10.7. The molecule has 176 valence electrons. The number of Topliss-reactive ketones (excluding diaryl/α,β-unsaturated/α-hetero) is 1. The summed E-state index contributed by atoms with van der Waals surface area (Å²) in [5.74, 6) is 0.0512. The number of nitrogens with one attached hydrogen (secondary N) is 1. The molecule has 1 saturated heterocycles. The Kier molecular flexibility index (Phi) is 8.40. The summed E-state index contributed by atoms with van der Waals surface area (Å²) in [5, 5.41) is 7.51. The normalized spacial score (nSPS) is 15.2. The molecule has 1 N–H and O–H groups in total. The zero-order valence-corrected chi connectivity index (χ0v) is 19.7. The van der Waals surface area contributed by atoms with Crippen LogP contribution in [0, 0.1) is 5.82 Å². The van der Waals surface area contributed by atoms with E-state index >= 15 is 0 Å². The second-order valence-electron chi connectivity index (χ2n) is 7.69. The second kappa shape index (κ2) is 11.2. The molecular formula is C23H28FN5O3S. The summed E-state index contributed by atoms with van der Waals surface area (Å²) in [6, 6.07) is 3.32. The van der Waals surface area contributed by atoms with Gasteiger partial charge in [-0.05, 0) is 42.5 Å². The predicted octanol–water partition coefficient (Wildman–Crippen LogP) is 4.02. The van der Waals surface area contributed by atoms with Crippen molar-refractivity contribution in [3.05, 3.63) is 59.4 Å². The number of carbonyl (C=O) groups excluding carboxylic acids is 1. The first-order chi connectivity index (χ1) is 15.6. The minimum atomic E-state index is -0.441. The van der Waals surface area contributed by atoms with Crippen LogP contribution in [-0.2, 0) is 17.6 Å². The van der Waals surface area contributed by atoms with Crippen molar-refractivity contribution in [2.45, 2.75) is 38.6 Å². The van der Waals surface area contributed by atoms with E-state index in [1.165, 1.54) is 13.2 Å². The van der Waals surface area contributed by atoms with Crippen LogP contribution in [0.2, 0.25) is 0 Å². The van der Waals surface area contributed by atoms with Gasteiger partial charge in [-0.1, -0.05) is 6.92 Å². The van der Waals surface area contributed by atoms with Crippen molar-refractivity contribution in [2.24, 2.45) is 0 Å². The number of carbonyl (C=O) groups is 1. The zero-order valence-electron chi connectivity index (χ0n) is 18.7. The van der Waals surface area contributed by atoms with Gasteiger partial charge in [0, 0.05) is 37.2 Å². The predicted molar refractivity (Wildman–Crippen MR) is 127 cm³/mol. The number of methoxy groups -OCH3 is 1. The molecule has 0 unspecified atom stereocenters. The molecule has 10 heteroatoms. The summed E-state index contributed by atoms with van der Waals surface area (Å²) in [7, 11) is 1.40. The van der Waals surface area contributed by atoms with Crippen LogP contribution >= 0.6 is 13.5 Å². The number of aromatic nitrogens is 4. The van der Waals surface area contributed by atoms with Crippen LogP contribution in [0.3, 0.4) is 0 Å². The lowest BCUT2D eigenvalue weighted by Gasteiger charge is -2.11. The van der Waals surface area contributed by atoms with Gasteiger partial charge in [0.2, 0.25) is 5.95 Å². The number of hydrogen-bond donors (Lipinski definition) is 1. The fourth-order valence-electron chi connectivity index (χ4n) is 3.64. The summed E-state index contributed by atoms with van der Waals surface area (Å²) in [5.41, 5.74) is 2.56. The van der Waals surface area contributed by atoms with Crippen LogP contribution in [0.15, 0.2) is 36.9 Å². The maximum absolute atomic E-state index is 14.7. The minimum absolute atomic E-state index is 0. The lowest BCUT2D eigenvalue weighted by Crippen LogP contribution is -2.08. The van der Waals surface area contributed by atoms with E-state index in [0.717, 1.165) is 24.3 Å². The molecule has 3 aromatic rings. The van der Waals surface area contributed by atoms with Crippen molar-refractivity contribution < 1.29 is 18.7 Å². The number of halogens is 1. The number of ether oxygens (including phenoxy) is 2. The maximum Gasteiger partial charge on any atom is 0.227 e. The summed E-state index contributed by atoms with van der Waals surface area (Å²) in [4.78, 5) is 20.8. The van der Waals surface area contributed by atoms with Crippen molar-refractivity contribution in [3.8, 4) is 5.75 Å². The highest BCUT2D eigenvalue weighted by atomic mass is 32.1. The highest BCUT2D eigenvalue weighted by molar-refractivity contribution is 7.59. The maximum atomic E-state index is 14.7. The van der Waals surface area contributed by atoms with Crippen molar-refractivity contribution >= 4 is 30.9 Å². The van der Waals surface area contributed by atoms with E-state index in [2.05, 4.69) is 20.4 Å². The van der Waals surface area contributed by atoms with Gasteiger partial charge in [-0.15, -0.1) is 0 Å². The van der Waals surface area contributed by atoms with Crippen LogP contribution < -0.4 is 10.1 Å². The number of ketones is 1. The van der Waals surface area contributed by atoms with E-state index in [-0.39, 0.29) is 31.1 Å². The van der Waals surface area contributed by atoms with Gasteiger partial charge in [0.05, 0.1) is 31.6 Å². The van der Waals surface area contributed by atoms with Gasteiger partial charge in [-0.2, -0.15) is 18.6 Å². The highest BCUT2D eigenvalue weighted by Gasteiger charge is 2.18. The van der Waals surface area contributed by atoms with Gasteiger partial charge in [-0.25, -0.2) is 14.4 Å². The lowest BCUT2D eigenvalue weighted by molar-refractivity contribution is 0.0987. The van der Waals surface area contributed by atoms with Gasteiger partial charge in [0.15, 0.2) is 17.3 Å². The largest absolute Gasteiger partial charge is 0.494 e. The number of hydrogen-bond acceptors (Lipinski definition) is 7. The lowest BCUT2D eigenvalue weighted by atomic mass is 10.00. The van der Waals surface area contributed by atoms with E-state index in [9.17, 15) is 9.18 Å². The Morgan fingerprint density at radius 1 is 1.27 bits per heavy atom. The fraction of sp³-hybridized carbons (Fsp3) is 0.391. The van der Waals surface area contributed by atoms with Gasteiger partial charge in [-0.3, -0.25) is 9.48 Å². The summed E-state index contributed by atoms with van der Waals surface area (Å²) in [6.07, 6.45) is 9.30. The molecule has 1 fully saturated rings. The third-order valence-corrected chi connectivity index (χ3v) is 5.50. The standard InChI is InChI=1S/C23H26FN5O3.H2S/c1-3-20(30)17-8-16(22(24)21(9-17)31-2)5-4-15-10-25-23(26-11-15)28-18-12-27-29(13-18)19-6-7-32-14-19;/h8-13,19H,3-7,14H2,1-2H3,(H,25,26,28);1H2/t19-;/m0./s1. The van der Waals surface area contributed by atoms with E-state index in [4.69, 9.17) is 9.47 Å². The molecule has 0 spiro atoms. The summed E-state index contributed by atoms with van der Waals surface area (Å²) in [6.45, 7) is 3.21. The third-order valence-electron chi connectivity index (χ3n) is 5.50. The molecule has 0 aliphatic carbocycles. The minimum Gasteiger partial charge on any atom is -0.494 e. The Hall–Kier alpha value is -2.98. The summed E-state index contributed by atoms with van der Waals surface area (Å²) >= 11 is 0. The molecule has 4 rings (SSSR count). The number of benzene rings is 1. The molecule has 3 heterocycles. The fourth-order valence-corrected chi connectivity index (χ4v) is 3.64. The van der Waals surface area contributed by atoms with Crippen LogP contribution in [0.4, 0.5) is 16.0 Å². The van der Waals surface area contributed by atoms with Crippen molar-refractivity contribution in [2.75, 3.05) is 25.6 Å². The molecule has 0 amide bonds. The first-order valence-corrected chi connectivity index (χ1v) is 10.7. The van der Waals surface area contributed by atoms with Gasteiger partial charge in [0.1, 0.15) is 0 Å². The van der Waals surface area contributed by atoms with Crippen molar-refractivity contribution in [3.63, 3.8) is 0 Å². The Morgan fingerprint density at radius 3 is 2.73 bits per heavy atom. The smallest absolute Gasteiger partial charge is 0.227 e. The monoisotopic (exact) mass is 473 g/mol. The van der Waals surface area contributed by atoms with Gasteiger partial charge in [0.25, 0.3) is 0 Å². The van der Waals surface area contributed by atoms with E-state index in [1.807, 2.05) is 10.9 Å². The average molecular weight is 474 g/mol. The molecule has 1 aliphatic heterocycles. The van der Waals surface area contributed by atoms with Crippen molar-refractivity contribution in [1.82, 2.24) is 19.7 Å². The zero-order chi connectivity index (χ0) is 22.5. The molecule has 0 bridgehead atoms. The Labute approximate surface area is 199 Å². The highest BCUT2D eigenvalue weighted by Crippen LogP contribution is 2.25. The average Bonchev–Trinajstić information content (AvgIpc) is 3.51. The van der Waals surface area contributed by atoms with Gasteiger partial charge < -0.3 is 14.8 Å². The molecule has 33 heavy (non-hydrogen) atoms. The molecule has 1 atom stereocenters. The number of nitrogens with zero attached hydrogens (tertiary/aromatic N) is 4. The van der Waals surface area contributed by atoms with Gasteiger partial charge >= 0.3 is 0 Å². The number of rotatable bonds is 9.